The molecule has 1 fully saturated rings. The monoisotopic (exact) mass is 289 g/mol. The van der Waals surface area contributed by atoms with Gasteiger partial charge < -0.3 is 15.0 Å². The summed E-state index contributed by atoms with van der Waals surface area (Å²) in [5, 5.41) is 2.91. The van der Waals surface area contributed by atoms with Crippen LogP contribution >= 0.6 is 0 Å². The van der Waals surface area contributed by atoms with E-state index in [4.69, 9.17) is 4.74 Å². The number of amides is 1. The van der Waals surface area contributed by atoms with Gasteiger partial charge in [-0.1, -0.05) is 12.6 Å². The van der Waals surface area contributed by atoms with Crippen molar-refractivity contribution in [1.29, 1.82) is 0 Å². The summed E-state index contributed by atoms with van der Waals surface area (Å²) >= 11 is 0. The molecule has 0 bridgehead atoms. The summed E-state index contributed by atoms with van der Waals surface area (Å²) < 4.78 is 5.28. The molecule has 0 saturated carbocycles. The molecule has 5 nitrogen and oxygen atoms in total. The van der Waals surface area contributed by atoms with Crippen molar-refractivity contribution in [3.63, 3.8) is 0 Å². The Morgan fingerprint density at radius 1 is 1.52 bits per heavy atom. The van der Waals surface area contributed by atoms with Crippen LogP contribution in [0.2, 0.25) is 0 Å². The molecule has 1 aliphatic rings. The standard InChI is InChI=1S/C16H23N3O2/c1-5-12-7-6-8-14(17-12)19-10-9-13(11-19)18-15(20)21-16(2,3)4/h5-8,13H,1,9-11H2,2-4H3,(H,18,20). The molecule has 2 heterocycles. The number of aromatic nitrogens is 1. The Morgan fingerprint density at radius 3 is 2.95 bits per heavy atom. The van der Waals surface area contributed by atoms with Gasteiger partial charge in [-0.05, 0) is 45.4 Å². The molecular weight excluding hydrogens is 266 g/mol. The van der Waals surface area contributed by atoms with Crippen molar-refractivity contribution in [2.45, 2.75) is 38.8 Å². The normalized spacial score (nSPS) is 18.4. The van der Waals surface area contributed by atoms with E-state index in [1.807, 2.05) is 39.0 Å². The van der Waals surface area contributed by atoms with Crippen LogP contribution in [0.15, 0.2) is 24.8 Å². The molecule has 114 valence electrons. The number of pyridine rings is 1. The van der Waals surface area contributed by atoms with E-state index in [9.17, 15) is 4.79 Å². The lowest BCUT2D eigenvalue weighted by Gasteiger charge is -2.22. The van der Waals surface area contributed by atoms with E-state index in [1.165, 1.54) is 0 Å². The number of ether oxygens (including phenoxy) is 1. The number of rotatable bonds is 3. The minimum atomic E-state index is -0.470. The molecule has 1 aliphatic heterocycles. The van der Waals surface area contributed by atoms with Crippen LogP contribution in [0.25, 0.3) is 6.08 Å². The first-order valence-electron chi connectivity index (χ1n) is 7.21. The Morgan fingerprint density at radius 2 is 2.29 bits per heavy atom. The summed E-state index contributed by atoms with van der Waals surface area (Å²) in [5.74, 6) is 0.917. The fraction of sp³-hybridized carbons (Fsp3) is 0.500. The molecule has 0 spiro atoms. The summed E-state index contributed by atoms with van der Waals surface area (Å²) in [6, 6.07) is 5.95. The number of carbonyl (C=O) groups excluding carboxylic acids is 1. The van der Waals surface area contributed by atoms with Gasteiger partial charge in [-0.3, -0.25) is 0 Å². The highest BCUT2D eigenvalue weighted by Crippen LogP contribution is 2.19. The van der Waals surface area contributed by atoms with E-state index in [0.717, 1.165) is 31.0 Å². The lowest BCUT2D eigenvalue weighted by Crippen LogP contribution is -2.40. The van der Waals surface area contributed by atoms with Crippen LogP contribution in [0.1, 0.15) is 32.9 Å². The van der Waals surface area contributed by atoms with E-state index in [-0.39, 0.29) is 12.1 Å². The van der Waals surface area contributed by atoms with Crippen molar-refractivity contribution < 1.29 is 9.53 Å². The topological polar surface area (TPSA) is 54.5 Å². The number of carbonyl (C=O) groups is 1. The predicted molar refractivity (Wildman–Crippen MR) is 84.3 cm³/mol. The third kappa shape index (κ3) is 4.48. The number of hydrogen-bond donors (Lipinski definition) is 1. The Bertz CT molecular complexity index is 522. The third-order valence-corrected chi connectivity index (χ3v) is 3.20. The second-order valence-corrected chi connectivity index (χ2v) is 6.20. The first-order valence-corrected chi connectivity index (χ1v) is 7.21. The van der Waals surface area contributed by atoms with Crippen molar-refractivity contribution in [3.05, 3.63) is 30.5 Å². The average Bonchev–Trinajstić information content (AvgIpc) is 2.85. The highest BCUT2D eigenvalue weighted by atomic mass is 16.6. The van der Waals surface area contributed by atoms with E-state index in [1.54, 1.807) is 6.08 Å². The van der Waals surface area contributed by atoms with Gasteiger partial charge in [-0.15, -0.1) is 0 Å². The molecule has 1 aromatic heterocycles. The summed E-state index contributed by atoms with van der Waals surface area (Å²) in [5.41, 5.74) is 0.387. The smallest absolute Gasteiger partial charge is 0.407 e. The molecule has 1 saturated heterocycles. The summed E-state index contributed by atoms with van der Waals surface area (Å²) in [6.07, 6.45) is 2.26. The Hall–Kier alpha value is -2.04. The summed E-state index contributed by atoms with van der Waals surface area (Å²) in [4.78, 5) is 18.4. The molecule has 21 heavy (non-hydrogen) atoms. The molecule has 1 atom stereocenters. The Kier molecular flexibility index (Phi) is 4.50. The predicted octanol–water partition coefficient (Wildman–Crippen LogP) is 2.83. The number of alkyl carbamates (subject to hydrolysis) is 1. The Labute approximate surface area is 126 Å². The molecule has 5 heteroatoms. The minimum Gasteiger partial charge on any atom is -0.444 e. The van der Waals surface area contributed by atoms with E-state index in [2.05, 4.69) is 21.8 Å². The summed E-state index contributed by atoms with van der Waals surface area (Å²) in [6.45, 7) is 10.9. The zero-order valence-electron chi connectivity index (χ0n) is 12.9. The van der Waals surface area contributed by atoms with Gasteiger partial charge in [0.1, 0.15) is 11.4 Å². The van der Waals surface area contributed by atoms with Crippen molar-refractivity contribution in [2.24, 2.45) is 0 Å². The number of nitrogens with zero attached hydrogens (tertiary/aromatic N) is 2. The second kappa shape index (κ2) is 6.16. The van der Waals surface area contributed by atoms with Gasteiger partial charge in [0.25, 0.3) is 0 Å². The first kappa shape index (κ1) is 15.4. The van der Waals surface area contributed by atoms with Gasteiger partial charge in [0, 0.05) is 13.1 Å². The van der Waals surface area contributed by atoms with Crippen molar-refractivity contribution in [1.82, 2.24) is 10.3 Å². The van der Waals surface area contributed by atoms with Crippen LogP contribution < -0.4 is 10.2 Å². The van der Waals surface area contributed by atoms with Crippen LogP contribution in [-0.2, 0) is 4.74 Å². The number of anilines is 1. The molecule has 1 N–H and O–H groups in total. The SMILES string of the molecule is C=Cc1cccc(N2CCC(NC(=O)OC(C)(C)C)C2)n1. The molecule has 1 unspecified atom stereocenters. The van der Waals surface area contributed by atoms with Crippen LogP contribution in [-0.4, -0.2) is 35.8 Å². The Balaban J connectivity index is 1.91. The number of nitrogens with one attached hydrogen (secondary N) is 1. The van der Waals surface area contributed by atoms with Gasteiger partial charge in [0.05, 0.1) is 11.7 Å². The summed E-state index contributed by atoms with van der Waals surface area (Å²) in [7, 11) is 0. The maximum Gasteiger partial charge on any atom is 0.407 e. The number of hydrogen-bond acceptors (Lipinski definition) is 4. The molecule has 1 amide bonds. The largest absolute Gasteiger partial charge is 0.444 e. The molecular formula is C16H23N3O2. The zero-order chi connectivity index (χ0) is 15.5. The molecule has 0 aliphatic carbocycles. The van der Waals surface area contributed by atoms with Gasteiger partial charge in [0.2, 0.25) is 0 Å². The van der Waals surface area contributed by atoms with Crippen molar-refractivity contribution in [2.75, 3.05) is 18.0 Å². The lowest BCUT2D eigenvalue weighted by atomic mass is 10.2. The van der Waals surface area contributed by atoms with Gasteiger partial charge in [-0.25, -0.2) is 9.78 Å². The van der Waals surface area contributed by atoms with Crippen molar-refractivity contribution in [3.8, 4) is 0 Å². The molecule has 0 radical (unpaired) electrons. The van der Waals surface area contributed by atoms with E-state index >= 15 is 0 Å². The first-order chi connectivity index (χ1) is 9.87. The van der Waals surface area contributed by atoms with E-state index in [0.29, 0.717) is 0 Å². The van der Waals surface area contributed by atoms with Crippen LogP contribution in [0.5, 0.6) is 0 Å². The maximum atomic E-state index is 11.8. The molecule has 1 aromatic rings. The highest BCUT2D eigenvalue weighted by molar-refractivity contribution is 5.68. The van der Waals surface area contributed by atoms with E-state index < -0.39 is 5.60 Å². The average molecular weight is 289 g/mol. The van der Waals surface area contributed by atoms with Gasteiger partial charge >= 0.3 is 6.09 Å². The van der Waals surface area contributed by atoms with Crippen molar-refractivity contribution >= 4 is 18.0 Å². The van der Waals surface area contributed by atoms with Crippen LogP contribution in [0.4, 0.5) is 10.6 Å². The van der Waals surface area contributed by atoms with Crippen LogP contribution in [0.3, 0.4) is 0 Å². The molecule has 2 rings (SSSR count). The fourth-order valence-corrected chi connectivity index (χ4v) is 2.29. The van der Waals surface area contributed by atoms with Crippen LogP contribution in [0, 0.1) is 0 Å². The third-order valence-electron chi connectivity index (χ3n) is 3.20. The molecule has 0 aromatic carbocycles. The zero-order valence-corrected chi connectivity index (χ0v) is 12.9. The fourth-order valence-electron chi connectivity index (χ4n) is 2.29. The maximum absolute atomic E-state index is 11.8. The quantitative estimate of drug-likeness (QED) is 0.929. The van der Waals surface area contributed by atoms with Gasteiger partial charge in [-0.2, -0.15) is 0 Å². The second-order valence-electron chi connectivity index (χ2n) is 6.20. The highest BCUT2D eigenvalue weighted by Gasteiger charge is 2.26. The lowest BCUT2D eigenvalue weighted by molar-refractivity contribution is 0.0509. The van der Waals surface area contributed by atoms with Gasteiger partial charge in [0.15, 0.2) is 0 Å². The minimum absolute atomic E-state index is 0.0917.